The fourth-order valence-corrected chi connectivity index (χ4v) is 3.19. The maximum absolute atomic E-state index is 12.5. The zero-order valence-corrected chi connectivity index (χ0v) is 15.5. The minimum atomic E-state index is -0.806. The summed E-state index contributed by atoms with van der Waals surface area (Å²) in [6.07, 6.45) is 2.39. The SMILES string of the molecule is CC(NC(=O)C(N)c1ccccc1)C(=O)Nc1cccc(N2CCCC2)c1. The third kappa shape index (κ3) is 4.86. The van der Waals surface area contributed by atoms with Crippen molar-refractivity contribution in [3.05, 3.63) is 60.2 Å². The van der Waals surface area contributed by atoms with Gasteiger partial charge in [0.05, 0.1) is 0 Å². The van der Waals surface area contributed by atoms with E-state index in [1.807, 2.05) is 42.5 Å². The smallest absolute Gasteiger partial charge is 0.246 e. The van der Waals surface area contributed by atoms with E-state index in [1.54, 1.807) is 19.1 Å². The van der Waals surface area contributed by atoms with Gasteiger partial charge in [-0.05, 0) is 43.5 Å². The van der Waals surface area contributed by atoms with Gasteiger partial charge >= 0.3 is 0 Å². The third-order valence-corrected chi connectivity index (χ3v) is 4.78. The van der Waals surface area contributed by atoms with E-state index in [0.717, 1.165) is 24.5 Å². The molecule has 1 heterocycles. The fourth-order valence-electron chi connectivity index (χ4n) is 3.19. The summed E-state index contributed by atoms with van der Waals surface area (Å²) in [7, 11) is 0. The Bertz CT molecular complexity index is 788. The Morgan fingerprint density at radius 2 is 1.70 bits per heavy atom. The lowest BCUT2D eigenvalue weighted by Crippen LogP contribution is -2.45. The molecule has 2 aromatic rings. The Labute approximate surface area is 159 Å². The summed E-state index contributed by atoms with van der Waals surface area (Å²) in [5.41, 5.74) is 8.51. The molecule has 1 aliphatic rings. The molecule has 6 heteroatoms. The van der Waals surface area contributed by atoms with Gasteiger partial charge in [-0.3, -0.25) is 9.59 Å². The number of carbonyl (C=O) groups is 2. The van der Waals surface area contributed by atoms with Crippen LogP contribution in [-0.4, -0.2) is 30.9 Å². The summed E-state index contributed by atoms with van der Waals surface area (Å²) in [4.78, 5) is 27.1. The number of nitrogens with one attached hydrogen (secondary N) is 2. The van der Waals surface area contributed by atoms with Gasteiger partial charge in [0.2, 0.25) is 11.8 Å². The molecule has 4 N–H and O–H groups in total. The van der Waals surface area contributed by atoms with Crippen molar-refractivity contribution in [3.8, 4) is 0 Å². The molecule has 1 saturated heterocycles. The zero-order valence-electron chi connectivity index (χ0n) is 15.5. The number of carbonyl (C=O) groups excluding carboxylic acids is 2. The van der Waals surface area contributed by atoms with Crippen LogP contribution < -0.4 is 21.3 Å². The monoisotopic (exact) mass is 366 g/mol. The summed E-state index contributed by atoms with van der Waals surface area (Å²) in [6, 6.07) is 15.4. The second-order valence-electron chi connectivity index (χ2n) is 6.85. The number of anilines is 2. The van der Waals surface area contributed by atoms with E-state index >= 15 is 0 Å². The number of hydrogen-bond donors (Lipinski definition) is 3. The molecular weight excluding hydrogens is 340 g/mol. The van der Waals surface area contributed by atoms with Gasteiger partial charge in [-0.25, -0.2) is 0 Å². The molecule has 0 aromatic heterocycles. The Balaban J connectivity index is 1.57. The number of nitrogens with zero attached hydrogens (tertiary/aromatic N) is 1. The average molecular weight is 366 g/mol. The zero-order chi connectivity index (χ0) is 19.2. The van der Waals surface area contributed by atoms with Crippen LogP contribution in [-0.2, 0) is 9.59 Å². The molecule has 3 rings (SSSR count). The molecule has 142 valence electrons. The molecule has 6 nitrogen and oxygen atoms in total. The standard InChI is InChI=1S/C21H26N4O2/c1-15(23-21(27)19(22)16-8-3-2-4-9-16)20(26)24-17-10-7-11-18(14-17)25-12-5-6-13-25/h2-4,7-11,14-15,19H,5-6,12-13,22H2,1H3,(H,23,27)(H,24,26). The Kier molecular flexibility index (Phi) is 6.08. The molecule has 1 aliphatic heterocycles. The number of amides is 2. The second kappa shape index (κ2) is 8.68. The van der Waals surface area contributed by atoms with E-state index in [9.17, 15) is 9.59 Å². The van der Waals surface area contributed by atoms with Crippen LogP contribution in [0.5, 0.6) is 0 Å². The molecule has 2 amide bonds. The first-order valence-electron chi connectivity index (χ1n) is 9.31. The van der Waals surface area contributed by atoms with Crippen LogP contribution in [0.4, 0.5) is 11.4 Å². The number of nitrogens with two attached hydrogens (primary N) is 1. The molecule has 2 atom stereocenters. The van der Waals surface area contributed by atoms with Gasteiger partial charge in [-0.1, -0.05) is 36.4 Å². The third-order valence-electron chi connectivity index (χ3n) is 4.78. The molecule has 0 saturated carbocycles. The van der Waals surface area contributed by atoms with Crippen molar-refractivity contribution in [1.82, 2.24) is 5.32 Å². The molecular formula is C21H26N4O2. The summed E-state index contributed by atoms with van der Waals surface area (Å²) in [6.45, 7) is 3.73. The van der Waals surface area contributed by atoms with Gasteiger partial charge in [-0.15, -0.1) is 0 Å². The summed E-state index contributed by atoms with van der Waals surface area (Å²) in [5, 5.41) is 5.55. The van der Waals surface area contributed by atoms with Gasteiger partial charge in [0, 0.05) is 24.5 Å². The predicted molar refractivity (Wildman–Crippen MR) is 107 cm³/mol. The maximum Gasteiger partial charge on any atom is 0.246 e. The van der Waals surface area contributed by atoms with Gasteiger partial charge in [0.15, 0.2) is 0 Å². The number of rotatable bonds is 6. The lowest BCUT2D eigenvalue weighted by atomic mass is 10.1. The van der Waals surface area contributed by atoms with E-state index in [4.69, 9.17) is 5.73 Å². The highest BCUT2D eigenvalue weighted by Gasteiger charge is 2.21. The minimum absolute atomic E-state index is 0.276. The highest BCUT2D eigenvalue weighted by atomic mass is 16.2. The van der Waals surface area contributed by atoms with Crippen molar-refractivity contribution >= 4 is 23.2 Å². The molecule has 0 aliphatic carbocycles. The summed E-state index contributed by atoms with van der Waals surface area (Å²) >= 11 is 0. The molecule has 2 aromatic carbocycles. The van der Waals surface area contributed by atoms with Crippen LogP contribution >= 0.6 is 0 Å². The Morgan fingerprint density at radius 1 is 1.00 bits per heavy atom. The lowest BCUT2D eigenvalue weighted by Gasteiger charge is -2.20. The van der Waals surface area contributed by atoms with Gasteiger partial charge in [0.1, 0.15) is 12.1 Å². The topological polar surface area (TPSA) is 87.5 Å². The largest absolute Gasteiger partial charge is 0.371 e. The average Bonchev–Trinajstić information content (AvgIpc) is 3.23. The van der Waals surface area contributed by atoms with Crippen LogP contribution in [0.25, 0.3) is 0 Å². The van der Waals surface area contributed by atoms with Crippen molar-refractivity contribution in [2.45, 2.75) is 31.8 Å². The van der Waals surface area contributed by atoms with E-state index in [2.05, 4.69) is 15.5 Å². The summed E-state index contributed by atoms with van der Waals surface area (Å²) in [5.74, 6) is -0.656. The van der Waals surface area contributed by atoms with Crippen molar-refractivity contribution in [2.24, 2.45) is 5.73 Å². The van der Waals surface area contributed by atoms with Gasteiger partial charge in [0.25, 0.3) is 0 Å². The van der Waals surface area contributed by atoms with Crippen molar-refractivity contribution < 1.29 is 9.59 Å². The van der Waals surface area contributed by atoms with Crippen LogP contribution in [0.2, 0.25) is 0 Å². The quantitative estimate of drug-likeness (QED) is 0.733. The van der Waals surface area contributed by atoms with Crippen LogP contribution in [0.3, 0.4) is 0 Å². The van der Waals surface area contributed by atoms with Crippen LogP contribution in [0.15, 0.2) is 54.6 Å². The minimum Gasteiger partial charge on any atom is -0.371 e. The van der Waals surface area contributed by atoms with E-state index in [1.165, 1.54) is 12.8 Å². The van der Waals surface area contributed by atoms with Crippen LogP contribution in [0.1, 0.15) is 31.4 Å². The van der Waals surface area contributed by atoms with Crippen molar-refractivity contribution in [3.63, 3.8) is 0 Å². The molecule has 27 heavy (non-hydrogen) atoms. The number of benzene rings is 2. The highest BCUT2D eigenvalue weighted by molar-refractivity contribution is 5.98. The Morgan fingerprint density at radius 3 is 2.41 bits per heavy atom. The molecule has 2 unspecified atom stereocenters. The van der Waals surface area contributed by atoms with Gasteiger partial charge < -0.3 is 21.3 Å². The maximum atomic E-state index is 12.5. The van der Waals surface area contributed by atoms with E-state index in [0.29, 0.717) is 5.56 Å². The predicted octanol–water partition coefficient (Wildman–Crippen LogP) is 2.43. The second-order valence-corrected chi connectivity index (χ2v) is 6.85. The Hall–Kier alpha value is -2.86. The van der Waals surface area contributed by atoms with Gasteiger partial charge in [-0.2, -0.15) is 0 Å². The fraction of sp³-hybridized carbons (Fsp3) is 0.333. The van der Waals surface area contributed by atoms with Crippen molar-refractivity contribution in [1.29, 1.82) is 0 Å². The molecule has 0 bridgehead atoms. The number of hydrogen-bond acceptors (Lipinski definition) is 4. The summed E-state index contributed by atoms with van der Waals surface area (Å²) < 4.78 is 0. The van der Waals surface area contributed by atoms with Crippen LogP contribution in [0, 0.1) is 0 Å². The lowest BCUT2D eigenvalue weighted by molar-refractivity contribution is -0.127. The van der Waals surface area contributed by atoms with E-state index < -0.39 is 12.1 Å². The first-order chi connectivity index (χ1) is 13.0. The van der Waals surface area contributed by atoms with Crippen molar-refractivity contribution in [2.75, 3.05) is 23.3 Å². The normalized spacial score (nSPS) is 15.9. The first kappa shape index (κ1) is 18.9. The molecule has 1 fully saturated rings. The van der Waals surface area contributed by atoms with E-state index in [-0.39, 0.29) is 11.8 Å². The first-order valence-corrected chi connectivity index (χ1v) is 9.31. The molecule has 0 spiro atoms. The molecule has 0 radical (unpaired) electrons. The highest BCUT2D eigenvalue weighted by Crippen LogP contribution is 2.23.